The third-order valence-corrected chi connectivity index (χ3v) is 5.86. The molecule has 5 nitrogen and oxygen atoms in total. The molecular weight excluding hydrogens is 303 g/mol. The summed E-state index contributed by atoms with van der Waals surface area (Å²) in [7, 11) is 1.11. The van der Waals surface area contributed by atoms with Gasteiger partial charge >= 0.3 is 13.6 Å². The maximum Gasteiger partial charge on any atom is 0.334 e. The first kappa shape index (κ1) is 17.2. The fourth-order valence-corrected chi connectivity index (χ4v) is 3.77. The quantitative estimate of drug-likeness (QED) is 0.539. The van der Waals surface area contributed by atoms with Gasteiger partial charge < -0.3 is 13.8 Å². The molecule has 0 radical (unpaired) electrons. The van der Waals surface area contributed by atoms with Gasteiger partial charge in [-0.1, -0.05) is 18.2 Å². The molecule has 2 rings (SSSR count). The SMILES string of the molecule is COC(=O)CCc1cccc(CP(=O)(OC)OC)c1C1CC1. The summed E-state index contributed by atoms with van der Waals surface area (Å²) in [5.41, 5.74) is 3.33. The van der Waals surface area contributed by atoms with Crippen LogP contribution in [-0.2, 0) is 35.7 Å². The van der Waals surface area contributed by atoms with E-state index in [1.807, 2.05) is 18.2 Å². The van der Waals surface area contributed by atoms with Crippen molar-refractivity contribution >= 4 is 13.6 Å². The summed E-state index contributed by atoms with van der Waals surface area (Å²) in [5, 5.41) is 0. The Balaban J connectivity index is 2.26. The third-order valence-electron chi connectivity index (χ3n) is 4.02. The summed E-state index contributed by atoms with van der Waals surface area (Å²) in [6, 6.07) is 5.94. The van der Waals surface area contributed by atoms with Crippen LogP contribution in [0.25, 0.3) is 0 Å². The minimum absolute atomic E-state index is 0.216. The van der Waals surface area contributed by atoms with Crippen LogP contribution in [0.4, 0.5) is 0 Å². The smallest absolute Gasteiger partial charge is 0.334 e. The van der Waals surface area contributed by atoms with Gasteiger partial charge in [-0.05, 0) is 41.9 Å². The van der Waals surface area contributed by atoms with Crippen molar-refractivity contribution in [3.63, 3.8) is 0 Å². The number of carbonyl (C=O) groups excluding carboxylic acids is 1. The number of carbonyl (C=O) groups is 1. The highest BCUT2D eigenvalue weighted by molar-refractivity contribution is 7.52. The number of hydrogen-bond donors (Lipinski definition) is 0. The van der Waals surface area contributed by atoms with Gasteiger partial charge in [-0.25, -0.2) is 0 Å². The van der Waals surface area contributed by atoms with E-state index in [4.69, 9.17) is 13.8 Å². The third kappa shape index (κ3) is 4.19. The number of methoxy groups -OCH3 is 1. The number of hydrogen-bond acceptors (Lipinski definition) is 5. The molecule has 0 spiro atoms. The highest BCUT2D eigenvalue weighted by atomic mass is 31.2. The van der Waals surface area contributed by atoms with E-state index < -0.39 is 7.60 Å². The van der Waals surface area contributed by atoms with Gasteiger partial charge in [-0.2, -0.15) is 0 Å². The van der Waals surface area contributed by atoms with Crippen molar-refractivity contribution in [2.24, 2.45) is 0 Å². The average Bonchev–Trinajstić information content (AvgIpc) is 3.37. The van der Waals surface area contributed by atoms with E-state index in [1.54, 1.807) is 0 Å². The maximum absolute atomic E-state index is 12.4. The van der Waals surface area contributed by atoms with Gasteiger partial charge in [-0.15, -0.1) is 0 Å². The second-order valence-corrected chi connectivity index (χ2v) is 7.74. The Hall–Kier alpha value is -1.16. The molecule has 1 saturated carbocycles. The minimum Gasteiger partial charge on any atom is -0.469 e. The van der Waals surface area contributed by atoms with Crippen LogP contribution in [-0.4, -0.2) is 27.3 Å². The topological polar surface area (TPSA) is 61.8 Å². The molecule has 1 aliphatic rings. The van der Waals surface area contributed by atoms with Crippen LogP contribution < -0.4 is 0 Å². The zero-order valence-corrected chi connectivity index (χ0v) is 14.2. The standard InChI is InChI=1S/C16H23O5P/c1-19-15(17)10-9-12-5-4-6-14(16(12)13-7-8-13)11-22(18,20-2)21-3/h4-6,13H,7-11H2,1-3H3. The maximum atomic E-state index is 12.4. The van der Waals surface area contributed by atoms with Crippen molar-refractivity contribution in [1.29, 1.82) is 0 Å². The van der Waals surface area contributed by atoms with Gasteiger partial charge in [0.1, 0.15) is 0 Å². The number of ether oxygens (including phenoxy) is 1. The Bertz CT molecular complexity index is 572. The molecule has 0 N–H and O–H groups in total. The van der Waals surface area contributed by atoms with Gasteiger partial charge in [-0.3, -0.25) is 9.36 Å². The van der Waals surface area contributed by atoms with E-state index in [1.165, 1.54) is 26.9 Å². The van der Waals surface area contributed by atoms with E-state index in [-0.39, 0.29) is 12.1 Å². The van der Waals surface area contributed by atoms with Gasteiger partial charge in [0, 0.05) is 20.6 Å². The lowest BCUT2D eigenvalue weighted by Crippen LogP contribution is -2.06. The number of benzene rings is 1. The van der Waals surface area contributed by atoms with Crippen molar-refractivity contribution in [1.82, 2.24) is 0 Å². The molecule has 0 saturated heterocycles. The fraction of sp³-hybridized carbons (Fsp3) is 0.562. The molecule has 22 heavy (non-hydrogen) atoms. The average molecular weight is 326 g/mol. The summed E-state index contributed by atoms with van der Waals surface area (Å²) in [6.07, 6.45) is 3.51. The number of rotatable bonds is 8. The van der Waals surface area contributed by atoms with Crippen LogP contribution in [0.15, 0.2) is 18.2 Å². The summed E-state index contributed by atoms with van der Waals surface area (Å²) in [6.45, 7) is 0. The van der Waals surface area contributed by atoms with E-state index in [9.17, 15) is 9.36 Å². The summed E-state index contributed by atoms with van der Waals surface area (Å²) in [4.78, 5) is 11.4. The minimum atomic E-state index is -3.10. The lowest BCUT2D eigenvalue weighted by molar-refractivity contribution is -0.140. The van der Waals surface area contributed by atoms with Crippen LogP contribution in [0.1, 0.15) is 41.9 Å². The highest BCUT2D eigenvalue weighted by Crippen LogP contribution is 2.53. The van der Waals surface area contributed by atoms with Gasteiger partial charge in [0.25, 0.3) is 0 Å². The molecule has 122 valence electrons. The normalized spacial score (nSPS) is 14.9. The van der Waals surface area contributed by atoms with Gasteiger partial charge in [0.05, 0.1) is 13.3 Å². The lowest BCUT2D eigenvalue weighted by Gasteiger charge is -2.18. The number of aryl methyl sites for hydroxylation is 1. The largest absolute Gasteiger partial charge is 0.469 e. The Labute approximate surface area is 131 Å². The molecule has 1 aromatic carbocycles. The van der Waals surface area contributed by atoms with Crippen molar-refractivity contribution in [3.8, 4) is 0 Å². The Kier molecular flexibility index (Phi) is 5.79. The first-order chi connectivity index (χ1) is 10.5. The van der Waals surface area contributed by atoms with Crippen molar-refractivity contribution in [2.45, 2.75) is 37.8 Å². The second-order valence-electron chi connectivity index (χ2n) is 5.47. The molecule has 0 atom stereocenters. The molecule has 1 aromatic rings. The van der Waals surface area contributed by atoms with Crippen LogP contribution in [0.5, 0.6) is 0 Å². The van der Waals surface area contributed by atoms with Crippen molar-refractivity contribution in [2.75, 3.05) is 21.3 Å². The first-order valence-corrected chi connectivity index (χ1v) is 9.13. The zero-order chi connectivity index (χ0) is 16.2. The second kappa shape index (κ2) is 7.40. The summed E-state index contributed by atoms with van der Waals surface area (Å²) in [5.74, 6) is 0.276. The predicted molar refractivity (Wildman–Crippen MR) is 84.1 cm³/mol. The van der Waals surface area contributed by atoms with Crippen molar-refractivity contribution < 1.29 is 23.1 Å². The molecule has 1 fully saturated rings. The zero-order valence-electron chi connectivity index (χ0n) is 13.3. The Morgan fingerprint density at radius 3 is 2.36 bits per heavy atom. The molecular formula is C16H23O5P. The summed E-state index contributed by atoms with van der Waals surface area (Å²) >= 11 is 0. The monoisotopic (exact) mass is 326 g/mol. The molecule has 1 aliphatic carbocycles. The van der Waals surface area contributed by atoms with Crippen LogP contribution in [0.3, 0.4) is 0 Å². The molecule has 0 amide bonds. The van der Waals surface area contributed by atoms with E-state index >= 15 is 0 Å². The van der Waals surface area contributed by atoms with Crippen LogP contribution in [0.2, 0.25) is 0 Å². The molecule has 0 bridgehead atoms. The first-order valence-electron chi connectivity index (χ1n) is 7.41. The summed E-state index contributed by atoms with van der Waals surface area (Å²) < 4.78 is 27.3. The molecule has 0 unspecified atom stereocenters. The Morgan fingerprint density at radius 1 is 1.18 bits per heavy atom. The van der Waals surface area contributed by atoms with Crippen molar-refractivity contribution in [3.05, 3.63) is 34.9 Å². The highest BCUT2D eigenvalue weighted by Gasteiger charge is 2.31. The molecule has 6 heteroatoms. The predicted octanol–water partition coefficient (Wildman–Crippen LogP) is 3.66. The Morgan fingerprint density at radius 2 is 1.82 bits per heavy atom. The van der Waals surface area contributed by atoms with E-state index in [0.29, 0.717) is 18.8 Å². The van der Waals surface area contributed by atoms with E-state index in [2.05, 4.69) is 0 Å². The van der Waals surface area contributed by atoms with Gasteiger partial charge in [0.2, 0.25) is 0 Å². The van der Waals surface area contributed by atoms with E-state index in [0.717, 1.165) is 24.0 Å². The lowest BCUT2D eigenvalue weighted by atomic mass is 9.95. The molecule has 0 heterocycles. The fourth-order valence-electron chi connectivity index (χ4n) is 2.67. The van der Waals surface area contributed by atoms with Crippen LogP contribution in [0, 0.1) is 0 Å². The van der Waals surface area contributed by atoms with Crippen LogP contribution >= 0.6 is 7.60 Å². The molecule has 0 aromatic heterocycles. The molecule has 0 aliphatic heterocycles. The number of esters is 1. The van der Waals surface area contributed by atoms with Gasteiger partial charge in [0.15, 0.2) is 0 Å².